The summed E-state index contributed by atoms with van der Waals surface area (Å²) in [6.45, 7) is 6.10. The molecule has 0 aliphatic rings. The highest BCUT2D eigenvalue weighted by Crippen LogP contribution is 1.99. The van der Waals surface area contributed by atoms with Crippen molar-refractivity contribution >= 4 is 29.9 Å². The second-order valence-electron chi connectivity index (χ2n) is 4.10. The van der Waals surface area contributed by atoms with Gasteiger partial charge in [0.2, 0.25) is 0 Å². The molecule has 17 heavy (non-hydrogen) atoms. The molecule has 4 nitrogen and oxygen atoms in total. The van der Waals surface area contributed by atoms with Crippen LogP contribution in [0.15, 0.2) is 27.8 Å². The van der Waals surface area contributed by atoms with Gasteiger partial charge in [0.25, 0.3) is 0 Å². The largest absolute Gasteiger partial charge is 0.469 e. The summed E-state index contributed by atoms with van der Waals surface area (Å²) in [7, 11) is 1.78. The Morgan fingerprint density at radius 2 is 2.18 bits per heavy atom. The first kappa shape index (κ1) is 16.3. The third kappa shape index (κ3) is 7.25. The van der Waals surface area contributed by atoms with Crippen LogP contribution in [0.25, 0.3) is 0 Å². The van der Waals surface area contributed by atoms with Crippen molar-refractivity contribution in [1.82, 2.24) is 10.6 Å². The molecule has 1 aromatic heterocycles. The van der Waals surface area contributed by atoms with E-state index in [0.717, 1.165) is 31.2 Å². The number of halogens is 1. The molecule has 0 atom stereocenters. The van der Waals surface area contributed by atoms with Gasteiger partial charge in [0.05, 0.1) is 6.26 Å². The molecule has 0 radical (unpaired) electrons. The molecule has 98 valence electrons. The second kappa shape index (κ2) is 9.32. The topological polar surface area (TPSA) is 49.6 Å². The molecule has 0 unspecified atom stereocenters. The minimum atomic E-state index is 0. The van der Waals surface area contributed by atoms with Crippen molar-refractivity contribution in [3.05, 3.63) is 24.2 Å². The monoisotopic (exact) mass is 351 g/mol. The Kier molecular flexibility index (Phi) is 8.93. The highest BCUT2D eigenvalue weighted by Gasteiger charge is 2.00. The van der Waals surface area contributed by atoms with E-state index in [9.17, 15) is 0 Å². The molecule has 1 rings (SSSR count). The Morgan fingerprint density at radius 1 is 1.41 bits per heavy atom. The van der Waals surface area contributed by atoms with E-state index in [0.29, 0.717) is 5.92 Å². The van der Waals surface area contributed by atoms with Gasteiger partial charge in [0.1, 0.15) is 5.76 Å². The molecule has 0 aromatic carbocycles. The second-order valence-corrected chi connectivity index (χ2v) is 4.10. The Morgan fingerprint density at radius 3 is 2.71 bits per heavy atom. The number of guanidine groups is 1. The van der Waals surface area contributed by atoms with Crippen molar-refractivity contribution in [3.8, 4) is 0 Å². The molecule has 1 aromatic rings. The quantitative estimate of drug-likeness (QED) is 0.486. The molecular formula is C12H22IN3O. The summed E-state index contributed by atoms with van der Waals surface area (Å²) in [5.74, 6) is 2.45. The predicted octanol–water partition coefficient (Wildman–Crippen LogP) is 2.26. The number of furan rings is 1. The van der Waals surface area contributed by atoms with Crippen molar-refractivity contribution in [2.24, 2.45) is 10.9 Å². The Hall–Kier alpha value is -0.720. The van der Waals surface area contributed by atoms with E-state index in [2.05, 4.69) is 29.5 Å². The average molecular weight is 351 g/mol. The van der Waals surface area contributed by atoms with Gasteiger partial charge in [-0.05, 0) is 18.1 Å². The molecule has 2 N–H and O–H groups in total. The van der Waals surface area contributed by atoms with Gasteiger partial charge in [0, 0.05) is 26.6 Å². The first-order chi connectivity index (χ1) is 7.72. The zero-order chi connectivity index (χ0) is 11.8. The van der Waals surface area contributed by atoms with Crippen LogP contribution in [0.2, 0.25) is 0 Å². The van der Waals surface area contributed by atoms with E-state index in [1.807, 2.05) is 12.1 Å². The lowest BCUT2D eigenvalue weighted by Gasteiger charge is -2.12. The van der Waals surface area contributed by atoms with Crippen LogP contribution in [0, 0.1) is 5.92 Å². The molecule has 0 bridgehead atoms. The van der Waals surface area contributed by atoms with Gasteiger partial charge in [0.15, 0.2) is 5.96 Å². The Bertz CT molecular complexity index is 310. The third-order valence-corrected chi connectivity index (χ3v) is 2.15. The maximum absolute atomic E-state index is 5.25. The molecule has 0 fully saturated rings. The van der Waals surface area contributed by atoms with Gasteiger partial charge >= 0.3 is 0 Å². The number of hydrogen-bond acceptors (Lipinski definition) is 2. The molecular weight excluding hydrogens is 329 g/mol. The fourth-order valence-electron chi connectivity index (χ4n) is 1.28. The summed E-state index contributed by atoms with van der Waals surface area (Å²) in [4.78, 5) is 4.14. The maximum atomic E-state index is 5.25. The maximum Gasteiger partial charge on any atom is 0.190 e. The lowest BCUT2D eigenvalue weighted by atomic mass is 10.2. The number of aliphatic imine (C=N–C) groups is 1. The lowest BCUT2D eigenvalue weighted by molar-refractivity contribution is 0.506. The number of hydrogen-bond donors (Lipinski definition) is 2. The summed E-state index contributed by atoms with van der Waals surface area (Å²) in [6.07, 6.45) is 2.57. The molecule has 5 heteroatoms. The minimum Gasteiger partial charge on any atom is -0.469 e. The van der Waals surface area contributed by atoms with Gasteiger partial charge < -0.3 is 15.1 Å². The van der Waals surface area contributed by atoms with Crippen molar-refractivity contribution in [2.45, 2.75) is 20.3 Å². The predicted molar refractivity (Wildman–Crippen MR) is 82.0 cm³/mol. The third-order valence-electron chi connectivity index (χ3n) is 2.15. The van der Waals surface area contributed by atoms with Crippen molar-refractivity contribution in [1.29, 1.82) is 0 Å². The van der Waals surface area contributed by atoms with Crippen LogP contribution in [0.4, 0.5) is 0 Å². The van der Waals surface area contributed by atoms with Crippen molar-refractivity contribution in [3.63, 3.8) is 0 Å². The lowest BCUT2D eigenvalue weighted by Crippen LogP contribution is -2.39. The number of rotatable bonds is 5. The fourth-order valence-corrected chi connectivity index (χ4v) is 1.28. The van der Waals surface area contributed by atoms with E-state index < -0.39 is 0 Å². The van der Waals surface area contributed by atoms with Crippen LogP contribution >= 0.6 is 24.0 Å². The smallest absolute Gasteiger partial charge is 0.190 e. The first-order valence-electron chi connectivity index (χ1n) is 5.69. The Labute approximate surface area is 120 Å². The van der Waals surface area contributed by atoms with Crippen LogP contribution in [0.3, 0.4) is 0 Å². The molecule has 0 spiro atoms. The first-order valence-corrected chi connectivity index (χ1v) is 5.69. The molecule has 0 aliphatic carbocycles. The minimum absolute atomic E-state index is 0. The summed E-state index contributed by atoms with van der Waals surface area (Å²) in [5, 5.41) is 6.50. The number of nitrogens with one attached hydrogen (secondary N) is 2. The van der Waals surface area contributed by atoms with Crippen LogP contribution in [0.5, 0.6) is 0 Å². The van der Waals surface area contributed by atoms with E-state index in [-0.39, 0.29) is 24.0 Å². The summed E-state index contributed by atoms with van der Waals surface area (Å²) in [5.41, 5.74) is 0. The van der Waals surface area contributed by atoms with E-state index in [1.54, 1.807) is 13.3 Å². The zero-order valence-corrected chi connectivity index (χ0v) is 13.0. The number of nitrogens with zero attached hydrogens (tertiary/aromatic N) is 1. The summed E-state index contributed by atoms with van der Waals surface area (Å²) < 4.78 is 5.25. The van der Waals surface area contributed by atoms with E-state index in [1.165, 1.54) is 0 Å². The Balaban J connectivity index is 0.00000256. The standard InChI is InChI=1S/C12H21N3O.HI/c1-10(2)9-15-12(13-3)14-7-6-11-5-4-8-16-11;/h4-5,8,10H,6-7,9H2,1-3H3,(H2,13,14,15);1H. The van der Waals surface area contributed by atoms with E-state index in [4.69, 9.17) is 4.42 Å². The normalized spacial score (nSPS) is 11.2. The fraction of sp³-hybridized carbons (Fsp3) is 0.583. The van der Waals surface area contributed by atoms with Gasteiger partial charge in [-0.2, -0.15) is 0 Å². The van der Waals surface area contributed by atoms with Gasteiger partial charge in [-0.3, -0.25) is 4.99 Å². The van der Waals surface area contributed by atoms with Gasteiger partial charge in [-0.1, -0.05) is 13.8 Å². The van der Waals surface area contributed by atoms with Crippen LogP contribution in [-0.2, 0) is 6.42 Å². The zero-order valence-electron chi connectivity index (χ0n) is 10.7. The highest BCUT2D eigenvalue weighted by molar-refractivity contribution is 14.0. The van der Waals surface area contributed by atoms with Crippen LogP contribution in [-0.4, -0.2) is 26.1 Å². The van der Waals surface area contributed by atoms with Crippen molar-refractivity contribution < 1.29 is 4.42 Å². The van der Waals surface area contributed by atoms with E-state index >= 15 is 0 Å². The molecule has 0 saturated heterocycles. The summed E-state index contributed by atoms with van der Waals surface area (Å²) >= 11 is 0. The highest BCUT2D eigenvalue weighted by atomic mass is 127. The summed E-state index contributed by atoms with van der Waals surface area (Å²) in [6, 6.07) is 3.88. The van der Waals surface area contributed by atoms with Crippen molar-refractivity contribution in [2.75, 3.05) is 20.1 Å². The molecule has 1 heterocycles. The molecule has 0 amide bonds. The van der Waals surface area contributed by atoms with Gasteiger partial charge in [-0.15, -0.1) is 24.0 Å². The van der Waals surface area contributed by atoms with Gasteiger partial charge in [-0.25, -0.2) is 0 Å². The average Bonchev–Trinajstić information content (AvgIpc) is 2.75. The SMILES string of the molecule is CN=C(NCCc1ccco1)NCC(C)C.I. The molecule has 0 saturated carbocycles. The van der Waals surface area contributed by atoms with Crippen LogP contribution in [0.1, 0.15) is 19.6 Å². The van der Waals surface area contributed by atoms with Crippen LogP contribution < -0.4 is 10.6 Å². The molecule has 0 aliphatic heterocycles.